The number of benzene rings is 1. The van der Waals surface area contributed by atoms with E-state index in [9.17, 15) is 14.0 Å². The number of rotatable bonds is 10. The minimum absolute atomic E-state index is 0.00304. The van der Waals surface area contributed by atoms with Crippen molar-refractivity contribution in [3.8, 4) is 0 Å². The highest BCUT2D eigenvalue weighted by atomic mass is 79.9. The van der Waals surface area contributed by atoms with Gasteiger partial charge >= 0.3 is 11.9 Å². The van der Waals surface area contributed by atoms with Crippen molar-refractivity contribution in [3.63, 3.8) is 0 Å². The van der Waals surface area contributed by atoms with Crippen LogP contribution in [0.5, 0.6) is 0 Å². The van der Waals surface area contributed by atoms with Gasteiger partial charge in [0, 0.05) is 10.0 Å². The lowest BCUT2D eigenvalue weighted by Crippen LogP contribution is -2.11. The maximum absolute atomic E-state index is 13.1. The van der Waals surface area contributed by atoms with Crippen molar-refractivity contribution in [1.29, 1.82) is 0 Å². The van der Waals surface area contributed by atoms with Crippen LogP contribution in [0.3, 0.4) is 0 Å². The summed E-state index contributed by atoms with van der Waals surface area (Å²) in [4.78, 5) is 23.1. The van der Waals surface area contributed by atoms with Crippen LogP contribution in [0.2, 0.25) is 0 Å². The van der Waals surface area contributed by atoms with E-state index in [0.29, 0.717) is 16.6 Å². The van der Waals surface area contributed by atoms with Gasteiger partial charge in [-0.05, 0) is 24.6 Å². The van der Waals surface area contributed by atoms with Crippen LogP contribution in [0, 0.1) is 5.82 Å². The lowest BCUT2D eigenvalue weighted by molar-refractivity contribution is -0.151. The minimum atomic E-state index is -0.510. The van der Waals surface area contributed by atoms with Gasteiger partial charge in [0.25, 0.3) is 0 Å². The van der Waals surface area contributed by atoms with E-state index in [1.54, 1.807) is 6.07 Å². The Morgan fingerprint density at radius 3 is 2.48 bits per heavy atom. The highest BCUT2D eigenvalue weighted by molar-refractivity contribution is 9.10. The van der Waals surface area contributed by atoms with Crippen molar-refractivity contribution in [2.45, 2.75) is 52.1 Å². The topological polar surface area (TPSA) is 52.6 Å². The van der Waals surface area contributed by atoms with E-state index >= 15 is 0 Å². The fourth-order valence-electron chi connectivity index (χ4n) is 1.88. The summed E-state index contributed by atoms with van der Waals surface area (Å²) >= 11 is 3.26. The molecule has 128 valence electrons. The van der Waals surface area contributed by atoms with Crippen LogP contribution >= 0.6 is 15.9 Å². The zero-order valence-electron chi connectivity index (χ0n) is 13.3. The SMILES string of the molecule is CCCCCCOC(=O)CCC(=O)OCc1cc(F)ccc1Br. The lowest BCUT2D eigenvalue weighted by Gasteiger charge is -2.07. The third-order valence-electron chi connectivity index (χ3n) is 3.19. The molecule has 0 bridgehead atoms. The number of hydrogen-bond donors (Lipinski definition) is 0. The number of unbranched alkanes of at least 4 members (excludes halogenated alkanes) is 3. The Morgan fingerprint density at radius 2 is 1.78 bits per heavy atom. The molecule has 4 nitrogen and oxygen atoms in total. The van der Waals surface area contributed by atoms with Crippen molar-refractivity contribution in [1.82, 2.24) is 0 Å². The number of halogens is 2. The van der Waals surface area contributed by atoms with E-state index in [-0.39, 0.29) is 19.4 Å². The number of hydrogen-bond acceptors (Lipinski definition) is 4. The Morgan fingerprint density at radius 1 is 1.09 bits per heavy atom. The smallest absolute Gasteiger partial charge is 0.306 e. The van der Waals surface area contributed by atoms with Gasteiger partial charge in [-0.3, -0.25) is 9.59 Å². The first-order valence-corrected chi connectivity index (χ1v) is 8.57. The molecule has 0 spiro atoms. The van der Waals surface area contributed by atoms with Crippen molar-refractivity contribution >= 4 is 27.9 Å². The fraction of sp³-hybridized carbons (Fsp3) is 0.529. The summed E-state index contributed by atoms with van der Waals surface area (Å²) in [6.07, 6.45) is 4.09. The second kappa shape index (κ2) is 11.2. The highest BCUT2D eigenvalue weighted by Crippen LogP contribution is 2.18. The predicted octanol–water partition coefficient (Wildman–Crippen LogP) is 4.54. The molecule has 0 unspecified atom stereocenters. The van der Waals surface area contributed by atoms with Crippen molar-refractivity contribution < 1.29 is 23.5 Å². The van der Waals surface area contributed by atoms with Gasteiger partial charge in [-0.15, -0.1) is 0 Å². The monoisotopic (exact) mass is 388 g/mol. The average molecular weight is 389 g/mol. The van der Waals surface area contributed by atoms with Gasteiger partial charge in [0.05, 0.1) is 19.4 Å². The molecule has 0 saturated carbocycles. The highest BCUT2D eigenvalue weighted by Gasteiger charge is 2.10. The van der Waals surface area contributed by atoms with E-state index in [1.807, 2.05) is 0 Å². The van der Waals surface area contributed by atoms with Crippen molar-refractivity contribution in [2.24, 2.45) is 0 Å². The van der Waals surface area contributed by atoms with E-state index in [4.69, 9.17) is 9.47 Å². The lowest BCUT2D eigenvalue weighted by atomic mass is 10.2. The van der Waals surface area contributed by atoms with E-state index < -0.39 is 17.8 Å². The summed E-state index contributed by atoms with van der Waals surface area (Å²) in [7, 11) is 0. The van der Waals surface area contributed by atoms with Gasteiger partial charge in [-0.2, -0.15) is 0 Å². The fourth-order valence-corrected chi connectivity index (χ4v) is 2.24. The van der Waals surface area contributed by atoms with Crippen LogP contribution in [0.4, 0.5) is 4.39 Å². The molecule has 0 aliphatic rings. The van der Waals surface area contributed by atoms with Gasteiger partial charge in [0.15, 0.2) is 0 Å². The van der Waals surface area contributed by atoms with Crippen LogP contribution in [0.25, 0.3) is 0 Å². The van der Waals surface area contributed by atoms with Crippen molar-refractivity contribution in [3.05, 3.63) is 34.1 Å². The summed E-state index contributed by atoms with van der Waals surface area (Å²) in [5, 5.41) is 0. The first-order chi connectivity index (χ1) is 11.0. The quantitative estimate of drug-likeness (QED) is 0.436. The molecule has 23 heavy (non-hydrogen) atoms. The standard InChI is InChI=1S/C17H22BrFO4/c1-2-3-4-5-10-22-16(20)8-9-17(21)23-12-13-11-14(19)6-7-15(13)18/h6-7,11H,2-5,8-10,12H2,1H3. The zero-order valence-corrected chi connectivity index (χ0v) is 14.9. The molecule has 0 aliphatic carbocycles. The predicted molar refractivity (Wildman–Crippen MR) is 88.2 cm³/mol. The molecule has 6 heteroatoms. The Hall–Kier alpha value is -1.43. The first-order valence-electron chi connectivity index (χ1n) is 7.78. The van der Waals surface area contributed by atoms with Crippen LogP contribution in [-0.2, 0) is 25.7 Å². The van der Waals surface area contributed by atoms with Gasteiger partial charge in [-0.25, -0.2) is 4.39 Å². The third kappa shape index (κ3) is 8.69. The molecule has 1 aromatic carbocycles. The number of carbonyl (C=O) groups is 2. The van der Waals surface area contributed by atoms with Gasteiger partial charge in [-0.1, -0.05) is 42.1 Å². The molecule has 0 amide bonds. The van der Waals surface area contributed by atoms with E-state index in [1.165, 1.54) is 12.1 Å². The Labute approximate surface area is 144 Å². The maximum Gasteiger partial charge on any atom is 0.306 e. The van der Waals surface area contributed by atoms with Gasteiger partial charge in [0.1, 0.15) is 12.4 Å². The zero-order chi connectivity index (χ0) is 17.1. The summed E-state index contributed by atoms with van der Waals surface area (Å²) in [6, 6.07) is 4.16. The summed E-state index contributed by atoms with van der Waals surface area (Å²) < 4.78 is 23.8. The molecule has 1 aromatic rings. The van der Waals surface area contributed by atoms with E-state index in [0.717, 1.165) is 25.7 Å². The molecule has 0 aromatic heterocycles. The first kappa shape index (κ1) is 19.6. The molecule has 0 radical (unpaired) electrons. The molecular formula is C17H22BrFO4. The molecule has 0 atom stereocenters. The molecule has 0 fully saturated rings. The van der Waals surface area contributed by atoms with Gasteiger partial charge in [0.2, 0.25) is 0 Å². The number of esters is 2. The minimum Gasteiger partial charge on any atom is -0.466 e. The molecule has 0 aliphatic heterocycles. The van der Waals surface area contributed by atoms with Crippen LogP contribution in [-0.4, -0.2) is 18.5 Å². The number of ether oxygens (including phenoxy) is 2. The molecule has 0 N–H and O–H groups in total. The third-order valence-corrected chi connectivity index (χ3v) is 3.96. The van der Waals surface area contributed by atoms with Crippen LogP contribution < -0.4 is 0 Å². The second-order valence-electron chi connectivity index (χ2n) is 5.18. The second-order valence-corrected chi connectivity index (χ2v) is 6.03. The summed E-state index contributed by atoms with van der Waals surface area (Å²) in [5.74, 6) is -1.31. The summed E-state index contributed by atoms with van der Waals surface area (Å²) in [6.45, 7) is 2.47. The largest absolute Gasteiger partial charge is 0.466 e. The average Bonchev–Trinajstić information content (AvgIpc) is 2.53. The molecule has 1 rings (SSSR count). The van der Waals surface area contributed by atoms with Gasteiger partial charge < -0.3 is 9.47 Å². The Bertz CT molecular complexity index is 519. The van der Waals surface area contributed by atoms with E-state index in [2.05, 4.69) is 22.9 Å². The van der Waals surface area contributed by atoms with Crippen LogP contribution in [0.1, 0.15) is 51.0 Å². The van der Waals surface area contributed by atoms with Crippen LogP contribution in [0.15, 0.2) is 22.7 Å². The molecule has 0 saturated heterocycles. The molecule has 0 heterocycles. The normalized spacial score (nSPS) is 10.4. The maximum atomic E-state index is 13.1. The van der Waals surface area contributed by atoms with Crippen molar-refractivity contribution in [2.75, 3.05) is 6.61 Å². The Kier molecular flexibility index (Phi) is 9.52. The molecular weight excluding hydrogens is 367 g/mol. The number of carbonyl (C=O) groups excluding carboxylic acids is 2. The Balaban J connectivity index is 2.19. The summed E-state index contributed by atoms with van der Waals surface area (Å²) in [5.41, 5.74) is 0.539.